The number of piperidine rings is 1. The van der Waals surface area contributed by atoms with Crippen molar-refractivity contribution in [1.29, 1.82) is 0 Å². The van der Waals surface area contributed by atoms with Gasteiger partial charge in [0.15, 0.2) is 0 Å². The Morgan fingerprint density at radius 2 is 2.10 bits per heavy atom. The molecule has 3 aromatic heterocycles. The van der Waals surface area contributed by atoms with E-state index in [0.717, 1.165) is 59.2 Å². The number of fused-ring (bicyclic) bond motifs is 1. The molecule has 7 heteroatoms. The predicted octanol–water partition coefficient (Wildman–Crippen LogP) is 3.83. The molecular weight excluding hydrogens is 378 g/mol. The Morgan fingerprint density at radius 3 is 2.97 bits per heavy atom. The van der Waals surface area contributed by atoms with E-state index >= 15 is 0 Å². The molecule has 0 bridgehead atoms. The molecule has 1 fully saturated rings. The number of pyridine rings is 1. The molecular formula is C23H23N5O2. The van der Waals surface area contributed by atoms with Crippen molar-refractivity contribution >= 4 is 10.9 Å². The number of aromatic nitrogens is 4. The van der Waals surface area contributed by atoms with Crippen molar-refractivity contribution in [3.8, 4) is 34.1 Å². The Morgan fingerprint density at radius 1 is 1.13 bits per heavy atom. The minimum Gasteiger partial charge on any atom is -0.481 e. The van der Waals surface area contributed by atoms with Crippen molar-refractivity contribution in [1.82, 2.24) is 25.3 Å². The molecule has 30 heavy (non-hydrogen) atoms. The molecule has 4 heterocycles. The fourth-order valence-electron chi connectivity index (χ4n) is 3.90. The number of rotatable bonds is 5. The lowest BCUT2D eigenvalue weighted by molar-refractivity contribution is 0.160. The van der Waals surface area contributed by atoms with Gasteiger partial charge in [0.2, 0.25) is 11.8 Å². The van der Waals surface area contributed by atoms with E-state index in [2.05, 4.69) is 38.5 Å². The summed E-state index contributed by atoms with van der Waals surface area (Å²) in [4.78, 5) is 16.7. The normalized spacial score (nSPS) is 16.5. The molecule has 1 aliphatic rings. The van der Waals surface area contributed by atoms with Crippen LogP contribution in [0.25, 0.3) is 33.3 Å². The number of hydrogen-bond donors (Lipinski definition) is 2. The molecule has 7 nitrogen and oxygen atoms in total. The Labute approximate surface area is 174 Å². The highest BCUT2D eigenvalue weighted by Gasteiger charge is 2.17. The van der Waals surface area contributed by atoms with E-state index in [1.807, 2.05) is 18.3 Å². The highest BCUT2D eigenvalue weighted by Crippen LogP contribution is 2.34. The fourth-order valence-corrected chi connectivity index (χ4v) is 3.90. The lowest BCUT2D eigenvalue weighted by atomic mass is 10.0. The predicted molar refractivity (Wildman–Crippen MR) is 116 cm³/mol. The largest absolute Gasteiger partial charge is 0.481 e. The van der Waals surface area contributed by atoms with Gasteiger partial charge < -0.3 is 19.8 Å². The van der Waals surface area contributed by atoms with Crippen molar-refractivity contribution in [2.45, 2.75) is 18.9 Å². The van der Waals surface area contributed by atoms with Gasteiger partial charge in [-0.25, -0.2) is 9.97 Å². The molecule has 1 saturated heterocycles. The third-order valence-corrected chi connectivity index (χ3v) is 5.38. The van der Waals surface area contributed by atoms with E-state index in [0.29, 0.717) is 11.8 Å². The van der Waals surface area contributed by atoms with Gasteiger partial charge in [0.1, 0.15) is 6.10 Å². The summed E-state index contributed by atoms with van der Waals surface area (Å²) < 4.78 is 11.5. The van der Waals surface area contributed by atoms with E-state index in [1.165, 1.54) is 0 Å². The highest BCUT2D eigenvalue weighted by atomic mass is 16.5. The Hall–Kier alpha value is -3.45. The van der Waals surface area contributed by atoms with Gasteiger partial charge in [-0.3, -0.25) is 4.98 Å². The molecule has 0 unspecified atom stereocenters. The first-order valence-corrected chi connectivity index (χ1v) is 10.1. The van der Waals surface area contributed by atoms with Crippen LogP contribution in [0.1, 0.15) is 12.8 Å². The standard InChI is InChI=1S/C23H23N5O2/c1-29-23-17(5-3-9-26-23)15-6-7-20-18(10-15)19(12-27-20)21-13-25-14-22(28-21)30-16-4-2-8-24-11-16/h3,5-7,9-10,12-14,16,24,27H,2,4,8,11H2,1H3/t16-/m1/s1. The fraction of sp³-hybridized carbons (Fsp3) is 0.261. The lowest BCUT2D eigenvalue weighted by Crippen LogP contribution is -2.37. The molecule has 2 N–H and O–H groups in total. The van der Waals surface area contributed by atoms with Gasteiger partial charge in [0.05, 0.1) is 25.2 Å². The van der Waals surface area contributed by atoms with Crippen LogP contribution in [0.2, 0.25) is 0 Å². The zero-order valence-corrected chi connectivity index (χ0v) is 16.8. The molecule has 152 valence electrons. The maximum absolute atomic E-state index is 6.06. The summed E-state index contributed by atoms with van der Waals surface area (Å²) in [7, 11) is 1.63. The molecule has 0 amide bonds. The first-order valence-electron chi connectivity index (χ1n) is 10.1. The summed E-state index contributed by atoms with van der Waals surface area (Å²) in [5, 5.41) is 4.42. The number of ether oxygens (including phenoxy) is 2. The van der Waals surface area contributed by atoms with Crippen LogP contribution in [0, 0.1) is 0 Å². The molecule has 0 aliphatic carbocycles. The van der Waals surface area contributed by atoms with Crippen LogP contribution in [0.4, 0.5) is 0 Å². The topological polar surface area (TPSA) is 85.0 Å². The van der Waals surface area contributed by atoms with Gasteiger partial charge in [-0.2, -0.15) is 0 Å². The molecule has 1 aromatic carbocycles. The van der Waals surface area contributed by atoms with Crippen molar-refractivity contribution in [3.05, 3.63) is 55.1 Å². The van der Waals surface area contributed by atoms with E-state index in [9.17, 15) is 0 Å². The highest BCUT2D eigenvalue weighted by molar-refractivity contribution is 5.97. The van der Waals surface area contributed by atoms with Crippen LogP contribution in [0.5, 0.6) is 11.8 Å². The second kappa shape index (κ2) is 8.12. The zero-order chi connectivity index (χ0) is 20.3. The van der Waals surface area contributed by atoms with E-state index in [4.69, 9.17) is 14.5 Å². The maximum atomic E-state index is 6.06. The summed E-state index contributed by atoms with van der Waals surface area (Å²) in [6, 6.07) is 10.2. The van der Waals surface area contributed by atoms with Crippen molar-refractivity contribution in [2.75, 3.05) is 20.2 Å². The first kappa shape index (κ1) is 18.6. The number of H-pyrrole nitrogens is 1. The SMILES string of the molecule is COc1ncccc1-c1ccc2[nH]cc(-c3cncc(O[C@@H]4CCCNC4)n3)c2c1. The monoisotopic (exact) mass is 401 g/mol. The molecule has 0 saturated carbocycles. The molecule has 0 radical (unpaired) electrons. The van der Waals surface area contributed by atoms with Crippen LogP contribution < -0.4 is 14.8 Å². The Kier molecular flexibility index (Phi) is 5.03. The quantitative estimate of drug-likeness (QED) is 0.529. The first-order chi connectivity index (χ1) is 14.8. The minimum absolute atomic E-state index is 0.135. The molecule has 4 aromatic rings. The summed E-state index contributed by atoms with van der Waals surface area (Å²) in [5.41, 5.74) is 4.76. The van der Waals surface area contributed by atoms with Gasteiger partial charge in [0.25, 0.3) is 0 Å². The maximum Gasteiger partial charge on any atom is 0.233 e. The van der Waals surface area contributed by atoms with Gasteiger partial charge in [-0.1, -0.05) is 6.07 Å². The molecule has 0 spiro atoms. The van der Waals surface area contributed by atoms with Crippen molar-refractivity contribution in [3.63, 3.8) is 0 Å². The van der Waals surface area contributed by atoms with Crippen LogP contribution in [0.3, 0.4) is 0 Å². The smallest absolute Gasteiger partial charge is 0.233 e. The Bertz CT molecular complexity index is 1170. The number of benzene rings is 1. The average Bonchev–Trinajstić information content (AvgIpc) is 3.23. The summed E-state index contributed by atoms with van der Waals surface area (Å²) in [6.45, 7) is 1.89. The van der Waals surface area contributed by atoms with Gasteiger partial charge in [-0.05, 0) is 49.2 Å². The number of nitrogens with one attached hydrogen (secondary N) is 2. The lowest BCUT2D eigenvalue weighted by Gasteiger charge is -2.23. The van der Waals surface area contributed by atoms with E-state index in [1.54, 1.807) is 25.7 Å². The van der Waals surface area contributed by atoms with E-state index in [-0.39, 0.29) is 6.10 Å². The number of nitrogens with zero attached hydrogens (tertiary/aromatic N) is 3. The molecule has 5 rings (SSSR count). The number of aromatic amines is 1. The zero-order valence-electron chi connectivity index (χ0n) is 16.8. The van der Waals surface area contributed by atoms with Crippen molar-refractivity contribution < 1.29 is 9.47 Å². The average molecular weight is 401 g/mol. The van der Waals surface area contributed by atoms with E-state index < -0.39 is 0 Å². The van der Waals surface area contributed by atoms with Crippen molar-refractivity contribution in [2.24, 2.45) is 0 Å². The third-order valence-electron chi connectivity index (χ3n) is 5.38. The number of hydrogen-bond acceptors (Lipinski definition) is 6. The summed E-state index contributed by atoms with van der Waals surface area (Å²) in [6.07, 6.45) is 9.42. The van der Waals surface area contributed by atoms with Gasteiger partial charge in [-0.15, -0.1) is 0 Å². The Balaban J connectivity index is 1.51. The van der Waals surface area contributed by atoms with Crippen LogP contribution >= 0.6 is 0 Å². The number of methoxy groups -OCH3 is 1. The third kappa shape index (κ3) is 3.59. The van der Waals surface area contributed by atoms with Crippen LogP contribution in [-0.2, 0) is 0 Å². The summed E-state index contributed by atoms with van der Waals surface area (Å²) in [5.74, 6) is 1.16. The molecule has 1 atom stereocenters. The van der Waals surface area contributed by atoms with Crippen LogP contribution in [0.15, 0.2) is 55.1 Å². The minimum atomic E-state index is 0.135. The molecule has 1 aliphatic heterocycles. The van der Waals surface area contributed by atoms with Crippen LogP contribution in [-0.4, -0.2) is 46.2 Å². The van der Waals surface area contributed by atoms with Gasteiger partial charge >= 0.3 is 0 Å². The second-order valence-corrected chi connectivity index (χ2v) is 7.35. The van der Waals surface area contributed by atoms with Gasteiger partial charge in [0, 0.05) is 41.0 Å². The second-order valence-electron chi connectivity index (χ2n) is 7.35. The summed E-state index contributed by atoms with van der Waals surface area (Å²) >= 11 is 0.